The molecule has 1 aliphatic heterocycles. The largest absolute Gasteiger partial charge is 0.528 e. The number of sulfone groups is 1. The first kappa shape index (κ1) is 28.3. The lowest BCUT2D eigenvalue weighted by Crippen LogP contribution is -2.40. The molecule has 37 heavy (non-hydrogen) atoms. The molecule has 3 rings (SSSR count). The Kier molecular flexibility index (Phi) is 8.76. The number of anilines is 1. The number of hydrogen-bond acceptors (Lipinski definition) is 12. The van der Waals surface area contributed by atoms with Crippen LogP contribution in [0.15, 0.2) is 29.4 Å². The molecule has 0 atom stereocenters. The van der Waals surface area contributed by atoms with Gasteiger partial charge in [0, 0.05) is 32.2 Å². The molecule has 1 aliphatic rings. The van der Waals surface area contributed by atoms with Gasteiger partial charge in [-0.1, -0.05) is 0 Å². The first-order valence-corrected chi connectivity index (χ1v) is 14.8. The van der Waals surface area contributed by atoms with Gasteiger partial charge in [-0.05, 0) is 32.0 Å². The van der Waals surface area contributed by atoms with Crippen molar-refractivity contribution < 1.29 is 45.1 Å². The van der Waals surface area contributed by atoms with Crippen LogP contribution >= 0.6 is 0 Å². The molecule has 1 aromatic carbocycles. The van der Waals surface area contributed by atoms with Gasteiger partial charge < -0.3 is 19.0 Å². The highest BCUT2D eigenvalue weighted by Crippen LogP contribution is 2.36. The number of hydrogen-bond donors (Lipinski definition) is 1. The van der Waals surface area contributed by atoms with Crippen LogP contribution in [0.4, 0.5) is 14.9 Å². The first-order valence-electron chi connectivity index (χ1n) is 11.0. The minimum absolute atomic E-state index is 0.165. The minimum Gasteiger partial charge on any atom is -0.473 e. The molecule has 1 aromatic heterocycles. The fourth-order valence-corrected chi connectivity index (χ4v) is 4.39. The molecule has 13 nitrogen and oxygen atoms in total. The molecule has 0 amide bonds. The van der Waals surface area contributed by atoms with E-state index in [2.05, 4.69) is 14.7 Å². The highest BCUT2D eigenvalue weighted by atomic mass is 32.2. The van der Waals surface area contributed by atoms with E-state index in [0.29, 0.717) is 25.9 Å². The second kappa shape index (κ2) is 11.4. The maximum atomic E-state index is 14.6. The van der Waals surface area contributed by atoms with E-state index in [1.807, 2.05) is 0 Å². The third-order valence-corrected chi connectivity index (χ3v) is 6.50. The molecule has 1 saturated heterocycles. The van der Waals surface area contributed by atoms with E-state index in [1.165, 1.54) is 5.06 Å². The Hall–Kier alpha value is -3.24. The molecule has 0 saturated carbocycles. The third kappa shape index (κ3) is 8.40. The van der Waals surface area contributed by atoms with Gasteiger partial charge in [0.15, 0.2) is 27.1 Å². The Labute approximate surface area is 213 Å². The number of hydroxylamine groups is 2. The molecule has 2 heterocycles. The van der Waals surface area contributed by atoms with Crippen molar-refractivity contribution in [3.05, 3.63) is 30.3 Å². The van der Waals surface area contributed by atoms with Crippen LogP contribution in [-0.2, 0) is 29.4 Å². The number of aromatic nitrogens is 2. The number of carbonyl (C=O) groups is 1. The van der Waals surface area contributed by atoms with Gasteiger partial charge in [0.05, 0.1) is 17.3 Å². The molecule has 0 aliphatic carbocycles. The van der Waals surface area contributed by atoms with E-state index >= 15 is 0 Å². The summed E-state index contributed by atoms with van der Waals surface area (Å²) in [6.07, 6.45) is 2.08. The average molecular weight is 563 g/mol. The number of sulfonamides is 1. The zero-order valence-electron chi connectivity index (χ0n) is 20.5. The summed E-state index contributed by atoms with van der Waals surface area (Å²) in [5.74, 6) is -1.93. The standard InChI is InChI=1S/C21H27FN4O9S2/c1-13(2)32-21(27)35-26-9-7-14(8-10-26)33-19-18(25-37(4,30)31)20(24-12-23-19)34-17-6-5-15(11-16(17)22)36(3,28)29/h5-6,11-14,25H,7-10H2,1-4H3. The van der Waals surface area contributed by atoms with Gasteiger partial charge in [0.2, 0.25) is 15.9 Å². The van der Waals surface area contributed by atoms with Gasteiger partial charge in [0.25, 0.3) is 5.88 Å². The molecule has 2 aromatic rings. The van der Waals surface area contributed by atoms with Crippen molar-refractivity contribution in [2.75, 3.05) is 30.3 Å². The second-order valence-electron chi connectivity index (χ2n) is 8.45. The molecule has 1 N–H and O–H groups in total. The average Bonchev–Trinajstić information content (AvgIpc) is 2.76. The predicted molar refractivity (Wildman–Crippen MR) is 128 cm³/mol. The highest BCUT2D eigenvalue weighted by Gasteiger charge is 2.27. The molecule has 16 heteroatoms. The number of nitrogens with zero attached hydrogens (tertiary/aromatic N) is 3. The van der Waals surface area contributed by atoms with E-state index in [9.17, 15) is 26.0 Å². The van der Waals surface area contributed by atoms with Crippen molar-refractivity contribution in [3.63, 3.8) is 0 Å². The summed E-state index contributed by atoms with van der Waals surface area (Å²) in [6.45, 7) is 4.03. The summed E-state index contributed by atoms with van der Waals surface area (Å²) in [7, 11) is -7.52. The van der Waals surface area contributed by atoms with E-state index in [0.717, 1.165) is 37.0 Å². The molecule has 0 unspecified atom stereocenters. The molecular weight excluding hydrogens is 535 g/mol. The van der Waals surface area contributed by atoms with E-state index in [4.69, 9.17) is 19.0 Å². The van der Waals surface area contributed by atoms with Crippen LogP contribution in [0.25, 0.3) is 0 Å². The van der Waals surface area contributed by atoms with E-state index in [-0.39, 0.29) is 28.4 Å². The van der Waals surface area contributed by atoms with Crippen LogP contribution in [0, 0.1) is 5.82 Å². The fraction of sp³-hybridized carbons (Fsp3) is 0.476. The van der Waals surface area contributed by atoms with Crippen LogP contribution in [0.3, 0.4) is 0 Å². The van der Waals surface area contributed by atoms with Gasteiger partial charge in [-0.25, -0.2) is 26.0 Å². The molecular formula is C21H27FN4O9S2. The normalized spacial score (nSPS) is 15.3. The number of benzene rings is 1. The summed E-state index contributed by atoms with van der Waals surface area (Å²) >= 11 is 0. The van der Waals surface area contributed by atoms with Crippen molar-refractivity contribution in [1.82, 2.24) is 15.0 Å². The van der Waals surface area contributed by atoms with Crippen LogP contribution in [0.5, 0.6) is 17.5 Å². The van der Waals surface area contributed by atoms with Crippen molar-refractivity contribution in [2.24, 2.45) is 0 Å². The number of carbonyl (C=O) groups excluding carboxylic acids is 1. The highest BCUT2D eigenvalue weighted by molar-refractivity contribution is 7.92. The number of halogens is 1. The lowest BCUT2D eigenvalue weighted by atomic mass is 10.1. The number of nitrogens with one attached hydrogen (secondary N) is 1. The van der Waals surface area contributed by atoms with Crippen molar-refractivity contribution in [3.8, 4) is 17.5 Å². The molecule has 0 radical (unpaired) electrons. The Morgan fingerprint density at radius 3 is 2.32 bits per heavy atom. The van der Waals surface area contributed by atoms with Gasteiger partial charge in [0.1, 0.15) is 12.4 Å². The summed E-state index contributed by atoms with van der Waals surface area (Å²) in [5, 5.41) is 1.43. The molecule has 1 fully saturated rings. The van der Waals surface area contributed by atoms with Gasteiger partial charge >= 0.3 is 6.16 Å². The summed E-state index contributed by atoms with van der Waals surface area (Å²) < 4.78 is 80.4. The summed E-state index contributed by atoms with van der Waals surface area (Å²) in [6, 6.07) is 3.00. The minimum atomic E-state index is -3.87. The van der Waals surface area contributed by atoms with Crippen molar-refractivity contribution >= 4 is 31.7 Å². The predicted octanol–water partition coefficient (Wildman–Crippen LogP) is 2.50. The topological polar surface area (TPSA) is 163 Å². The van der Waals surface area contributed by atoms with Gasteiger partial charge in [-0.3, -0.25) is 4.72 Å². The first-order chi connectivity index (χ1) is 17.2. The number of ether oxygens (including phenoxy) is 3. The van der Waals surface area contributed by atoms with Crippen LogP contribution in [0.2, 0.25) is 0 Å². The monoisotopic (exact) mass is 562 g/mol. The van der Waals surface area contributed by atoms with Crippen LogP contribution < -0.4 is 14.2 Å². The zero-order chi connectivity index (χ0) is 27.4. The van der Waals surface area contributed by atoms with Crippen LogP contribution in [-0.4, -0.2) is 75.8 Å². The van der Waals surface area contributed by atoms with Crippen molar-refractivity contribution in [2.45, 2.75) is 43.8 Å². The molecule has 0 spiro atoms. The van der Waals surface area contributed by atoms with Crippen LogP contribution in [0.1, 0.15) is 26.7 Å². The smallest absolute Gasteiger partial charge is 0.473 e. The maximum absolute atomic E-state index is 14.6. The lowest BCUT2D eigenvalue weighted by molar-refractivity contribution is -0.151. The lowest BCUT2D eigenvalue weighted by Gasteiger charge is -2.30. The third-order valence-electron chi connectivity index (χ3n) is 4.82. The van der Waals surface area contributed by atoms with E-state index < -0.39 is 43.7 Å². The Morgan fingerprint density at radius 1 is 1.11 bits per heavy atom. The maximum Gasteiger partial charge on any atom is 0.528 e. The number of rotatable bonds is 9. The summed E-state index contributed by atoms with van der Waals surface area (Å²) in [4.78, 5) is 24.4. The fourth-order valence-electron chi connectivity index (χ4n) is 3.21. The summed E-state index contributed by atoms with van der Waals surface area (Å²) in [5.41, 5.74) is -0.268. The quantitative estimate of drug-likeness (QED) is 0.445. The molecule has 204 valence electrons. The van der Waals surface area contributed by atoms with Crippen molar-refractivity contribution in [1.29, 1.82) is 0 Å². The van der Waals surface area contributed by atoms with E-state index in [1.54, 1.807) is 13.8 Å². The molecule has 0 bridgehead atoms. The zero-order valence-corrected chi connectivity index (χ0v) is 22.1. The van der Waals surface area contributed by atoms with Gasteiger partial charge in [-0.2, -0.15) is 9.97 Å². The Balaban J connectivity index is 1.78. The second-order valence-corrected chi connectivity index (χ2v) is 12.2. The Bertz CT molecular complexity index is 1350. The SMILES string of the molecule is CC(C)OC(=O)ON1CCC(Oc2ncnc(Oc3ccc(S(C)(=O)=O)cc3F)c2NS(C)(=O)=O)CC1. The van der Waals surface area contributed by atoms with Gasteiger partial charge in [-0.15, -0.1) is 5.06 Å². The Morgan fingerprint density at radius 2 is 1.76 bits per heavy atom. The number of piperidine rings is 1.